The van der Waals surface area contributed by atoms with Crippen LogP contribution in [-0.2, 0) is 6.54 Å². The molecule has 0 atom stereocenters. The molecule has 0 aliphatic heterocycles. The SMILES string of the molecule is Cc1nc(C)c(C(=O)NCc2ccc3cc[nH]c3c2)s1. The second kappa shape index (κ2) is 5.09. The van der Waals surface area contributed by atoms with Crippen molar-refractivity contribution in [2.24, 2.45) is 0 Å². The minimum Gasteiger partial charge on any atom is -0.361 e. The van der Waals surface area contributed by atoms with Gasteiger partial charge in [-0.25, -0.2) is 4.98 Å². The van der Waals surface area contributed by atoms with E-state index < -0.39 is 0 Å². The molecule has 1 amide bonds. The summed E-state index contributed by atoms with van der Waals surface area (Å²) in [7, 11) is 0. The molecule has 20 heavy (non-hydrogen) atoms. The van der Waals surface area contributed by atoms with E-state index in [2.05, 4.69) is 27.4 Å². The lowest BCUT2D eigenvalue weighted by Crippen LogP contribution is -2.22. The second-order valence-corrected chi connectivity index (χ2v) is 5.93. The Balaban J connectivity index is 1.72. The van der Waals surface area contributed by atoms with Crippen LogP contribution in [0.25, 0.3) is 10.9 Å². The number of thiazole rings is 1. The first-order valence-corrected chi connectivity index (χ1v) is 7.23. The highest BCUT2D eigenvalue weighted by Crippen LogP contribution is 2.17. The van der Waals surface area contributed by atoms with Crippen LogP contribution in [0.1, 0.15) is 25.9 Å². The highest BCUT2D eigenvalue weighted by atomic mass is 32.1. The van der Waals surface area contributed by atoms with E-state index in [0.29, 0.717) is 11.4 Å². The van der Waals surface area contributed by atoms with Crippen LogP contribution in [0.15, 0.2) is 30.5 Å². The molecule has 1 aromatic carbocycles. The number of rotatable bonds is 3. The van der Waals surface area contributed by atoms with Crippen molar-refractivity contribution in [3.8, 4) is 0 Å². The predicted octanol–water partition coefficient (Wildman–Crippen LogP) is 3.17. The topological polar surface area (TPSA) is 57.8 Å². The molecular weight excluding hydrogens is 270 g/mol. The zero-order chi connectivity index (χ0) is 14.1. The fraction of sp³-hybridized carbons (Fsp3) is 0.200. The van der Waals surface area contributed by atoms with E-state index in [1.807, 2.05) is 32.2 Å². The number of aryl methyl sites for hydroxylation is 2. The summed E-state index contributed by atoms with van der Waals surface area (Å²) in [6.07, 6.45) is 1.91. The van der Waals surface area contributed by atoms with E-state index in [1.165, 1.54) is 16.7 Å². The number of nitrogens with zero attached hydrogens (tertiary/aromatic N) is 1. The monoisotopic (exact) mass is 285 g/mol. The van der Waals surface area contributed by atoms with Crippen LogP contribution in [0, 0.1) is 13.8 Å². The van der Waals surface area contributed by atoms with Gasteiger partial charge in [0.15, 0.2) is 0 Å². The fourth-order valence-electron chi connectivity index (χ4n) is 2.21. The largest absolute Gasteiger partial charge is 0.361 e. The number of aromatic nitrogens is 2. The molecule has 0 saturated carbocycles. The number of H-pyrrole nitrogens is 1. The van der Waals surface area contributed by atoms with E-state index in [4.69, 9.17) is 0 Å². The van der Waals surface area contributed by atoms with Gasteiger partial charge in [0.05, 0.1) is 10.7 Å². The summed E-state index contributed by atoms with van der Waals surface area (Å²) in [4.78, 5) is 20.3. The summed E-state index contributed by atoms with van der Waals surface area (Å²) in [6, 6.07) is 8.16. The van der Waals surface area contributed by atoms with E-state index >= 15 is 0 Å². The van der Waals surface area contributed by atoms with E-state index in [9.17, 15) is 4.79 Å². The summed E-state index contributed by atoms with van der Waals surface area (Å²) in [6.45, 7) is 4.29. The van der Waals surface area contributed by atoms with Crippen molar-refractivity contribution in [3.63, 3.8) is 0 Å². The lowest BCUT2D eigenvalue weighted by Gasteiger charge is -2.04. The summed E-state index contributed by atoms with van der Waals surface area (Å²) in [5, 5.41) is 5.04. The number of benzene rings is 1. The van der Waals surface area contributed by atoms with Gasteiger partial charge in [-0.2, -0.15) is 0 Å². The summed E-state index contributed by atoms with van der Waals surface area (Å²) >= 11 is 1.43. The molecule has 102 valence electrons. The zero-order valence-corrected chi connectivity index (χ0v) is 12.2. The number of amides is 1. The Labute approximate surface area is 120 Å². The molecule has 0 radical (unpaired) electrons. The maximum atomic E-state index is 12.1. The maximum Gasteiger partial charge on any atom is 0.263 e. The van der Waals surface area contributed by atoms with Crippen LogP contribution in [0.3, 0.4) is 0 Å². The van der Waals surface area contributed by atoms with Crippen molar-refractivity contribution < 1.29 is 4.79 Å². The van der Waals surface area contributed by atoms with Crippen LogP contribution in [0.5, 0.6) is 0 Å². The number of hydrogen-bond acceptors (Lipinski definition) is 3. The van der Waals surface area contributed by atoms with Crippen LogP contribution in [0.4, 0.5) is 0 Å². The number of carbonyl (C=O) groups is 1. The highest BCUT2D eigenvalue weighted by molar-refractivity contribution is 7.13. The van der Waals surface area contributed by atoms with Gasteiger partial charge in [-0.3, -0.25) is 4.79 Å². The molecule has 0 aliphatic rings. The molecule has 0 fully saturated rings. The Morgan fingerprint density at radius 3 is 2.95 bits per heavy atom. The lowest BCUT2D eigenvalue weighted by molar-refractivity contribution is 0.0954. The number of aromatic amines is 1. The summed E-state index contributed by atoms with van der Waals surface area (Å²) in [5.41, 5.74) is 2.96. The van der Waals surface area contributed by atoms with Crippen molar-refractivity contribution in [2.45, 2.75) is 20.4 Å². The standard InChI is InChI=1S/C15H15N3OS/c1-9-14(20-10(2)18-9)15(19)17-8-11-3-4-12-5-6-16-13(12)7-11/h3-7,16H,8H2,1-2H3,(H,17,19). The van der Waals surface area contributed by atoms with Crippen molar-refractivity contribution in [3.05, 3.63) is 51.6 Å². The Kier molecular flexibility index (Phi) is 3.28. The third kappa shape index (κ3) is 2.44. The van der Waals surface area contributed by atoms with Gasteiger partial charge in [-0.15, -0.1) is 11.3 Å². The Morgan fingerprint density at radius 1 is 1.35 bits per heavy atom. The van der Waals surface area contributed by atoms with Crippen molar-refractivity contribution in [1.29, 1.82) is 0 Å². The van der Waals surface area contributed by atoms with Gasteiger partial charge in [0.25, 0.3) is 5.91 Å². The van der Waals surface area contributed by atoms with Crippen molar-refractivity contribution in [1.82, 2.24) is 15.3 Å². The molecule has 0 saturated heterocycles. The highest BCUT2D eigenvalue weighted by Gasteiger charge is 2.13. The predicted molar refractivity (Wildman–Crippen MR) is 81.1 cm³/mol. The number of fused-ring (bicyclic) bond motifs is 1. The molecule has 3 aromatic rings. The molecule has 0 bridgehead atoms. The molecule has 2 aromatic heterocycles. The molecule has 2 N–H and O–H groups in total. The molecule has 4 nitrogen and oxygen atoms in total. The molecule has 0 unspecified atom stereocenters. The van der Waals surface area contributed by atoms with Gasteiger partial charge in [-0.1, -0.05) is 12.1 Å². The summed E-state index contributed by atoms with van der Waals surface area (Å²) in [5.74, 6) is -0.0558. The van der Waals surface area contributed by atoms with Crippen LogP contribution in [0.2, 0.25) is 0 Å². The molecule has 2 heterocycles. The average Bonchev–Trinajstić information content (AvgIpc) is 3.01. The smallest absolute Gasteiger partial charge is 0.263 e. The second-order valence-electron chi connectivity index (χ2n) is 4.73. The first-order valence-electron chi connectivity index (χ1n) is 6.42. The molecule has 0 spiro atoms. The maximum absolute atomic E-state index is 12.1. The first-order chi connectivity index (χ1) is 9.63. The van der Waals surface area contributed by atoms with E-state index in [-0.39, 0.29) is 5.91 Å². The third-order valence-corrected chi connectivity index (χ3v) is 4.25. The van der Waals surface area contributed by atoms with Gasteiger partial charge in [0.1, 0.15) is 4.88 Å². The Bertz CT molecular complexity index is 772. The van der Waals surface area contributed by atoms with Gasteiger partial charge in [0, 0.05) is 18.3 Å². The Morgan fingerprint density at radius 2 is 2.20 bits per heavy atom. The van der Waals surface area contributed by atoms with Crippen molar-refractivity contribution >= 4 is 28.1 Å². The molecule has 5 heteroatoms. The molecule has 3 rings (SSSR count). The van der Waals surface area contributed by atoms with Crippen LogP contribution >= 0.6 is 11.3 Å². The normalized spacial score (nSPS) is 10.9. The first kappa shape index (κ1) is 12.9. The van der Waals surface area contributed by atoms with Gasteiger partial charge in [0.2, 0.25) is 0 Å². The molecular formula is C15H15N3OS. The van der Waals surface area contributed by atoms with Crippen LogP contribution in [-0.4, -0.2) is 15.9 Å². The molecule has 0 aliphatic carbocycles. The van der Waals surface area contributed by atoms with E-state index in [0.717, 1.165) is 21.8 Å². The number of nitrogens with one attached hydrogen (secondary N) is 2. The Hall–Kier alpha value is -2.14. The minimum absolute atomic E-state index is 0.0558. The van der Waals surface area contributed by atoms with Gasteiger partial charge < -0.3 is 10.3 Å². The van der Waals surface area contributed by atoms with Crippen LogP contribution < -0.4 is 5.32 Å². The average molecular weight is 285 g/mol. The van der Waals surface area contributed by atoms with Gasteiger partial charge >= 0.3 is 0 Å². The number of hydrogen-bond donors (Lipinski definition) is 2. The van der Waals surface area contributed by atoms with Gasteiger partial charge in [-0.05, 0) is 36.9 Å². The zero-order valence-electron chi connectivity index (χ0n) is 11.4. The quantitative estimate of drug-likeness (QED) is 0.776. The van der Waals surface area contributed by atoms with Crippen molar-refractivity contribution in [2.75, 3.05) is 0 Å². The lowest BCUT2D eigenvalue weighted by atomic mass is 10.1. The van der Waals surface area contributed by atoms with E-state index in [1.54, 1.807) is 0 Å². The number of carbonyl (C=O) groups excluding carboxylic acids is 1. The fourth-order valence-corrected chi connectivity index (χ4v) is 3.05. The summed E-state index contributed by atoms with van der Waals surface area (Å²) < 4.78 is 0. The third-order valence-electron chi connectivity index (χ3n) is 3.18. The minimum atomic E-state index is -0.0558.